The molecule has 0 N–H and O–H groups in total. The monoisotopic (exact) mass is 271 g/mol. The minimum absolute atomic E-state index is 0.0329. The van der Waals surface area contributed by atoms with Gasteiger partial charge in [-0.3, -0.25) is 19.6 Å². The molecule has 0 amide bonds. The molecule has 0 radical (unpaired) electrons. The maximum Gasteiger partial charge on any atom is 0.160 e. The van der Waals surface area contributed by atoms with Crippen molar-refractivity contribution in [2.24, 2.45) is 0 Å². The van der Waals surface area contributed by atoms with Gasteiger partial charge in [-0.25, -0.2) is 0 Å². The van der Waals surface area contributed by atoms with E-state index in [1.807, 2.05) is 12.3 Å². The number of piperazine rings is 3. The second-order valence-corrected chi connectivity index (χ2v) is 6.25. The highest BCUT2D eigenvalue weighted by Gasteiger charge is 2.40. The number of hydrogen-bond acceptors (Lipinski definition) is 4. The van der Waals surface area contributed by atoms with E-state index in [9.17, 15) is 4.79 Å². The second kappa shape index (κ2) is 4.93. The third-order valence-electron chi connectivity index (χ3n) is 5.15. The third-order valence-corrected chi connectivity index (χ3v) is 5.15. The molecule has 3 fully saturated rings. The van der Waals surface area contributed by atoms with Crippen LogP contribution in [0.15, 0.2) is 18.3 Å². The summed E-state index contributed by atoms with van der Waals surface area (Å²) in [7, 11) is 0. The summed E-state index contributed by atoms with van der Waals surface area (Å²) < 4.78 is 0. The van der Waals surface area contributed by atoms with Crippen LogP contribution in [-0.4, -0.2) is 59.3 Å². The number of nitrogens with zero attached hydrogens (tertiary/aromatic N) is 3. The zero-order chi connectivity index (χ0) is 13.5. The Morgan fingerprint density at radius 2 is 2.10 bits per heavy atom. The van der Waals surface area contributed by atoms with E-state index in [-0.39, 0.29) is 12.0 Å². The lowest BCUT2D eigenvalue weighted by Gasteiger charge is -2.47. The smallest absolute Gasteiger partial charge is 0.160 e. The fourth-order valence-electron chi connectivity index (χ4n) is 4.01. The van der Waals surface area contributed by atoms with Gasteiger partial charge < -0.3 is 0 Å². The number of pyridine rings is 1. The fraction of sp³-hybridized carbons (Fsp3) is 0.625. The van der Waals surface area contributed by atoms with Crippen LogP contribution in [0.25, 0.3) is 0 Å². The molecule has 2 unspecified atom stereocenters. The highest BCUT2D eigenvalue weighted by atomic mass is 16.1. The Labute approximate surface area is 119 Å². The zero-order valence-corrected chi connectivity index (χ0v) is 11.8. The number of Topliss-reactive ketones (excluding diaryl/α,β-unsaturated/α-hetero) is 1. The van der Waals surface area contributed by atoms with Gasteiger partial charge in [-0.05, 0) is 30.9 Å². The molecule has 4 nitrogen and oxygen atoms in total. The molecule has 106 valence electrons. The Balaban J connectivity index is 1.60. The van der Waals surface area contributed by atoms with E-state index < -0.39 is 0 Å². The van der Waals surface area contributed by atoms with Gasteiger partial charge in [0.2, 0.25) is 0 Å². The summed E-state index contributed by atoms with van der Waals surface area (Å²) in [6.45, 7) is 5.29. The third kappa shape index (κ3) is 1.98. The largest absolute Gasteiger partial charge is 0.299 e. The van der Waals surface area contributed by atoms with Crippen LogP contribution in [0, 0.1) is 0 Å². The van der Waals surface area contributed by atoms with Crippen LogP contribution in [0.5, 0.6) is 0 Å². The number of hydrogen-bond donors (Lipinski definition) is 0. The first kappa shape index (κ1) is 12.5. The van der Waals surface area contributed by atoms with Gasteiger partial charge in [-0.15, -0.1) is 0 Å². The van der Waals surface area contributed by atoms with Crippen molar-refractivity contribution in [3.8, 4) is 0 Å². The molecular formula is C16H21N3O. The number of rotatable bonds is 2. The Morgan fingerprint density at radius 1 is 1.25 bits per heavy atom. The predicted molar refractivity (Wildman–Crippen MR) is 76.7 cm³/mol. The van der Waals surface area contributed by atoms with Crippen molar-refractivity contribution < 1.29 is 4.79 Å². The summed E-state index contributed by atoms with van der Waals surface area (Å²) in [6, 6.07) is 4.23. The van der Waals surface area contributed by atoms with Crippen LogP contribution in [0.1, 0.15) is 30.0 Å². The molecule has 2 bridgehead atoms. The molecule has 1 aliphatic carbocycles. The van der Waals surface area contributed by atoms with Crippen molar-refractivity contribution in [2.75, 3.05) is 32.7 Å². The Hall–Kier alpha value is -1.26. The number of fused-ring (bicyclic) bond motifs is 4. The van der Waals surface area contributed by atoms with Gasteiger partial charge >= 0.3 is 0 Å². The molecule has 5 rings (SSSR count). The van der Waals surface area contributed by atoms with Crippen LogP contribution >= 0.6 is 0 Å². The molecule has 0 aromatic carbocycles. The Bertz CT molecular complexity index is 522. The van der Waals surface area contributed by atoms with Gasteiger partial charge in [0.15, 0.2) is 5.78 Å². The van der Waals surface area contributed by atoms with E-state index in [1.54, 1.807) is 0 Å². The van der Waals surface area contributed by atoms with Gasteiger partial charge in [0.25, 0.3) is 0 Å². The van der Waals surface area contributed by atoms with Crippen LogP contribution in [0.2, 0.25) is 0 Å². The summed E-state index contributed by atoms with van der Waals surface area (Å²) >= 11 is 0. The fourth-order valence-corrected chi connectivity index (χ4v) is 4.01. The normalized spacial score (nSPS) is 35.6. The molecule has 4 heteroatoms. The lowest BCUT2D eigenvalue weighted by Crippen LogP contribution is -2.64. The highest BCUT2D eigenvalue weighted by Crippen LogP contribution is 2.33. The maximum atomic E-state index is 13.0. The van der Waals surface area contributed by atoms with E-state index in [0.717, 1.165) is 57.7 Å². The van der Waals surface area contributed by atoms with Gasteiger partial charge in [0.05, 0.1) is 17.7 Å². The lowest BCUT2D eigenvalue weighted by atomic mass is 9.81. The molecule has 0 spiro atoms. The van der Waals surface area contributed by atoms with Crippen molar-refractivity contribution in [1.29, 1.82) is 0 Å². The topological polar surface area (TPSA) is 36.4 Å². The SMILES string of the molecule is O=C(C1CCCc2cccnc21)C1CN2CCN1CC2. The quantitative estimate of drug-likeness (QED) is 0.806. The van der Waals surface area contributed by atoms with E-state index >= 15 is 0 Å². The first-order valence-corrected chi connectivity index (χ1v) is 7.77. The maximum absolute atomic E-state index is 13.0. The number of aryl methyl sites for hydroxylation is 1. The molecule has 4 aliphatic rings. The van der Waals surface area contributed by atoms with Crippen LogP contribution in [0.4, 0.5) is 0 Å². The van der Waals surface area contributed by atoms with E-state index in [2.05, 4.69) is 20.9 Å². The van der Waals surface area contributed by atoms with Gasteiger partial charge in [-0.2, -0.15) is 0 Å². The minimum atomic E-state index is 0.0329. The lowest BCUT2D eigenvalue weighted by molar-refractivity contribution is -0.131. The molecule has 3 aliphatic heterocycles. The molecule has 2 atom stereocenters. The molecule has 4 heterocycles. The van der Waals surface area contributed by atoms with Gasteiger partial charge in [0.1, 0.15) is 0 Å². The van der Waals surface area contributed by atoms with Gasteiger partial charge in [0, 0.05) is 38.9 Å². The Morgan fingerprint density at radius 3 is 2.85 bits per heavy atom. The van der Waals surface area contributed by atoms with Crippen molar-refractivity contribution in [1.82, 2.24) is 14.8 Å². The second-order valence-electron chi connectivity index (χ2n) is 6.25. The summed E-state index contributed by atoms with van der Waals surface area (Å²) in [4.78, 5) is 22.3. The van der Waals surface area contributed by atoms with Crippen molar-refractivity contribution in [3.63, 3.8) is 0 Å². The molecule has 20 heavy (non-hydrogen) atoms. The summed E-state index contributed by atoms with van der Waals surface area (Å²) in [5.41, 5.74) is 2.34. The van der Waals surface area contributed by atoms with Crippen molar-refractivity contribution in [2.45, 2.75) is 31.2 Å². The van der Waals surface area contributed by atoms with Crippen molar-refractivity contribution >= 4 is 5.78 Å². The number of ketones is 1. The summed E-state index contributed by atoms with van der Waals surface area (Å²) in [5.74, 6) is 0.444. The molecule has 1 aromatic rings. The Kier molecular flexibility index (Phi) is 3.08. The predicted octanol–water partition coefficient (Wildman–Crippen LogP) is 1.07. The average Bonchev–Trinajstić information content (AvgIpc) is 2.54. The molecular weight excluding hydrogens is 250 g/mol. The first-order valence-electron chi connectivity index (χ1n) is 7.77. The minimum Gasteiger partial charge on any atom is -0.299 e. The average molecular weight is 271 g/mol. The van der Waals surface area contributed by atoms with E-state index in [0.29, 0.717) is 5.78 Å². The highest BCUT2D eigenvalue weighted by molar-refractivity contribution is 5.91. The summed E-state index contributed by atoms with van der Waals surface area (Å²) in [6.07, 6.45) is 5.01. The number of carbonyl (C=O) groups excluding carboxylic acids is 1. The van der Waals surface area contributed by atoms with Gasteiger partial charge in [-0.1, -0.05) is 6.07 Å². The van der Waals surface area contributed by atoms with E-state index in [1.165, 1.54) is 5.56 Å². The standard InChI is InChI=1S/C16H21N3O/c20-16(14-11-18-7-9-19(14)10-8-18)13-5-1-3-12-4-2-6-17-15(12)13/h2,4,6,13-14H,1,3,5,7-11H2. The number of carbonyl (C=O) groups is 1. The molecule has 0 saturated carbocycles. The molecule has 1 aromatic heterocycles. The van der Waals surface area contributed by atoms with Crippen LogP contribution < -0.4 is 0 Å². The summed E-state index contributed by atoms with van der Waals surface area (Å²) in [5, 5.41) is 0. The zero-order valence-electron chi connectivity index (χ0n) is 11.8. The molecule has 3 saturated heterocycles. The van der Waals surface area contributed by atoms with E-state index in [4.69, 9.17) is 0 Å². The first-order chi connectivity index (χ1) is 9.83. The number of aromatic nitrogens is 1. The van der Waals surface area contributed by atoms with Crippen LogP contribution in [-0.2, 0) is 11.2 Å². The van der Waals surface area contributed by atoms with Crippen molar-refractivity contribution in [3.05, 3.63) is 29.6 Å². The van der Waals surface area contributed by atoms with Crippen LogP contribution in [0.3, 0.4) is 0 Å².